The van der Waals surface area contributed by atoms with Gasteiger partial charge in [0.25, 0.3) is 0 Å². The van der Waals surface area contributed by atoms with Gasteiger partial charge in [-0.2, -0.15) is 13.2 Å². The van der Waals surface area contributed by atoms with Crippen LogP contribution in [0.5, 0.6) is 0 Å². The molecule has 154 valence electrons. The monoisotopic (exact) mass is 405 g/mol. The topological polar surface area (TPSA) is 40.5 Å². The van der Waals surface area contributed by atoms with Gasteiger partial charge in [0, 0.05) is 12.5 Å². The maximum Gasteiger partial charge on any atom is 0.416 e. The molecule has 1 aromatic carbocycles. The van der Waals surface area contributed by atoms with Crippen molar-refractivity contribution in [3.8, 4) is 0 Å². The van der Waals surface area contributed by atoms with Gasteiger partial charge < -0.3 is 5.11 Å². The van der Waals surface area contributed by atoms with Crippen molar-refractivity contribution in [3.63, 3.8) is 0 Å². The number of carbonyl (C=O) groups is 1. The van der Waals surface area contributed by atoms with E-state index in [1.165, 1.54) is 0 Å². The van der Waals surface area contributed by atoms with Gasteiger partial charge in [0.1, 0.15) is 0 Å². The molecule has 1 aromatic rings. The summed E-state index contributed by atoms with van der Waals surface area (Å²) >= 11 is 0. The lowest BCUT2D eigenvalue weighted by Gasteiger charge is -2.40. The maximum absolute atomic E-state index is 12.8. The summed E-state index contributed by atoms with van der Waals surface area (Å²) in [4.78, 5) is 13.4. The average molecular weight is 406 g/mol. The van der Waals surface area contributed by atoms with Crippen LogP contribution in [-0.2, 0) is 11.0 Å². The van der Waals surface area contributed by atoms with Crippen molar-refractivity contribution < 1.29 is 23.1 Å². The van der Waals surface area contributed by atoms with Crippen molar-refractivity contribution in [2.75, 3.05) is 37.6 Å². The van der Waals surface area contributed by atoms with Gasteiger partial charge in [0.15, 0.2) is 0 Å². The molecular weight excluding hydrogens is 375 g/mol. The zero-order chi connectivity index (χ0) is 20.2. The Morgan fingerprint density at radius 2 is 1.85 bits per heavy atom. The molecule has 2 rings (SSSR count). The van der Waals surface area contributed by atoms with Crippen molar-refractivity contribution in [2.45, 2.75) is 37.9 Å². The summed E-state index contributed by atoms with van der Waals surface area (Å²) in [5.41, 5.74) is 0.202. The third-order valence-corrected chi connectivity index (χ3v) is 6.62. The van der Waals surface area contributed by atoms with Crippen LogP contribution in [-0.4, -0.2) is 53.6 Å². The number of aliphatic carboxylic acids is 1. The molecular formula is C20H30F3NO2S. The molecule has 1 aliphatic heterocycles. The van der Waals surface area contributed by atoms with Crippen molar-refractivity contribution in [3.05, 3.63) is 35.4 Å². The largest absolute Gasteiger partial charge is 0.481 e. The Kier molecular flexibility index (Phi) is 7.25. The zero-order valence-corrected chi connectivity index (χ0v) is 17.1. The predicted octanol–water partition coefficient (Wildman–Crippen LogP) is 5.02. The minimum atomic E-state index is -4.34. The highest BCUT2D eigenvalue weighted by molar-refractivity contribution is 8.32. The second-order valence-electron chi connectivity index (χ2n) is 8.31. The molecule has 0 saturated carbocycles. The number of benzene rings is 1. The molecule has 0 radical (unpaired) electrons. The van der Waals surface area contributed by atoms with Gasteiger partial charge in [-0.05, 0) is 80.5 Å². The molecule has 1 saturated heterocycles. The number of alkyl halides is 3. The van der Waals surface area contributed by atoms with Crippen LogP contribution >= 0.6 is 10.0 Å². The van der Waals surface area contributed by atoms with E-state index >= 15 is 0 Å². The first-order chi connectivity index (χ1) is 12.5. The Bertz CT molecular complexity index is 626. The number of carboxylic acid groups (broad SMARTS) is 1. The van der Waals surface area contributed by atoms with E-state index < -0.39 is 27.7 Å². The number of piperidine rings is 1. The van der Waals surface area contributed by atoms with Gasteiger partial charge in [-0.25, -0.2) is 10.0 Å². The van der Waals surface area contributed by atoms with Crippen LogP contribution < -0.4 is 0 Å². The average Bonchev–Trinajstić information content (AvgIpc) is 2.53. The third kappa shape index (κ3) is 7.03. The molecule has 2 atom stereocenters. The molecule has 1 fully saturated rings. The summed E-state index contributed by atoms with van der Waals surface area (Å²) in [5, 5.41) is 9.11. The first kappa shape index (κ1) is 22.1. The van der Waals surface area contributed by atoms with E-state index in [0.29, 0.717) is 6.42 Å². The van der Waals surface area contributed by atoms with Crippen LogP contribution in [0.15, 0.2) is 24.3 Å². The number of nitrogens with zero attached hydrogens (tertiary/aromatic N) is 1. The van der Waals surface area contributed by atoms with Crippen LogP contribution in [0.4, 0.5) is 13.2 Å². The molecule has 27 heavy (non-hydrogen) atoms. The molecule has 3 nitrogen and oxygen atoms in total. The van der Waals surface area contributed by atoms with Gasteiger partial charge >= 0.3 is 12.1 Å². The van der Waals surface area contributed by atoms with Crippen LogP contribution in [0.25, 0.3) is 0 Å². The van der Waals surface area contributed by atoms with Crippen LogP contribution in [0.2, 0.25) is 0 Å². The lowest BCUT2D eigenvalue weighted by Crippen LogP contribution is -2.38. The van der Waals surface area contributed by atoms with Crippen LogP contribution in [0.3, 0.4) is 0 Å². The van der Waals surface area contributed by atoms with Crippen molar-refractivity contribution in [2.24, 2.45) is 5.92 Å². The minimum absolute atomic E-state index is 0.0136. The fourth-order valence-electron chi connectivity index (χ4n) is 3.73. The molecule has 0 amide bonds. The highest BCUT2D eigenvalue weighted by Crippen LogP contribution is 2.39. The number of carboxylic acids is 1. The molecule has 2 unspecified atom stereocenters. The van der Waals surface area contributed by atoms with Crippen LogP contribution in [0.1, 0.15) is 42.9 Å². The summed E-state index contributed by atoms with van der Waals surface area (Å²) in [5.74, 6) is 0.414. The Hall–Kier alpha value is -1.21. The Morgan fingerprint density at radius 1 is 1.22 bits per heavy atom. The molecule has 1 aliphatic rings. The molecule has 7 heteroatoms. The molecule has 1 N–H and O–H groups in total. The highest BCUT2D eigenvalue weighted by atomic mass is 32.3. The third-order valence-electron chi connectivity index (χ3n) is 5.11. The number of likely N-dealkylation sites (tertiary alicyclic amines) is 1. The first-order valence-electron chi connectivity index (χ1n) is 9.25. The molecule has 0 aromatic heterocycles. The lowest BCUT2D eigenvalue weighted by molar-refractivity contribution is -0.139. The fourth-order valence-corrected chi connectivity index (χ4v) is 4.72. The van der Waals surface area contributed by atoms with E-state index in [9.17, 15) is 18.0 Å². The zero-order valence-electron chi connectivity index (χ0n) is 16.3. The Morgan fingerprint density at radius 3 is 2.37 bits per heavy atom. The lowest BCUT2D eigenvalue weighted by atomic mass is 9.85. The van der Waals surface area contributed by atoms with Crippen LogP contribution in [0, 0.1) is 5.92 Å². The second kappa shape index (κ2) is 8.86. The summed E-state index contributed by atoms with van der Waals surface area (Å²) in [7, 11) is -0.585. The van der Waals surface area contributed by atoms with Gasteiger partial charge in [0.05, 0.1) is 5.56 Å². The standard InChI is InChI=1S/C20H30F3NO2S/c1-27(2,3)12-4-10-24-11-9-15(14-19(25)26)13-18(24)16-5-7-17(8-6-16)20(21,22)23/h5-8,15,18H,4,9-14H2,1-3H3,(H,25,26). The smallest absolute Gasteiger partial charge is 0.416 e. The van der Waals surface area contributed by atoms with E-state index in [2.05, 4.69) is 23.7 Å². The van der Waals surface area contributed by atoms with Crippen molar-refractivity contribution >= 4 is 16.0 Å². The van der Waals surface area contributed by atoms with Crippen molar-refractivity contribution in [1.29, 1.82) is 0 Å². The molecule has 0 bridgehead atoms. The van der Waals surface area contributed by atoms with E-state index in [-0.39, 0.29) is 18.4 Å². The SMILES string of the molecule is CS(C)(C)CCCN1CCC(CC(=O)O)CC1c1ccc(C(F)(F)F)cc1. The fraction of sp³-hybridized carbons (Fsp3) is 0.650. The predicted molar refractivity (Wildman–Crippen MR) is 106 cm³/mol. The van der Waals surface area contributed by atoms with Gasteiger partial charge in [-0.1, -0.05) is 12.1 Å². The van der Waals surface area contributed by atoms with E-state index in [1.54, 1.807) is 12.1 Å². The second-order valence-corrected chi connectivity index (χ2v) is 12.9. The number of hydrogen-bond donors (Lipinski definition) is 1. The van der Waals surface area contributed by atoms with Gasteiger partial charge in [-0.3, -0.25) is 9.69 Å². The normalized spacial score (nSPS) is 22.6. The highest BCUT2D eigenvalue weighted by Gasteiger charge is 2.33. The molecule has 1 heterocycles. The molecule has 0 aliphatic carbocycles. The van der Waals surface area contributed by atoms with E-state index in [0.717, 1.165) is 49.4 Å². The summed E-state index contributed by atoms with van der Waals surface area (Å²) in [6, 6.07) is 5.36. The Labute approximate surface area is 161 Å². The summed E-state index contributed by atoms with van der Waals surface area (Å²) in [6.07, 6.45) is 5.17. The first-order valence-corrected chi connectivity index (χ1v) is 12.3. The maximum atomic E-state index is 12.8. The summed E-state index contributed by atoms with van der Waals surface area (Å²) < 4.78 is 38.5. The summed E-state index contributed by atoms with van der Waals surface area (Å²) in [6.45, 7) is 1.69. The van der Waals surface area contributed by atoms with Gasteiger partial charge in [-0.15, -0.1) is 0 Å². The number of halogens is 3. The number of rotatable bonds is 7. The van der Waals surface area contributed by atoms with E-state index in [4.69, 9.17) is 5.11 Å². The van der Waals surface area contributed by atoms with Crippen molar-refractivity contribution in [1.82, 2.24) is 4.90 Å². The molecule has 0 spiro atoms. The quantitative estimate of drug-likeness (QED) is 0.693. The minimum Gasteiger partial charge on any atom is -0.481 e. The number of hydrogen-bond acceptors (Lipinski definition) is 2. The Balaban J connectivity index is 2.14. The van der Waals surface area contributed by atoms with E-state index in [1.807, 2.05) is 0 Å². The van der Waals surface area contributed by atoms with Gasteiger partial charge in [0.2, 0.25) is 0 Å².